The second-order valence-corrected chi connectivity index (χ2v) is 5.40. The third kappa shape index (κ3) is 3.69. The van der Waals surface area contributed by atoms with Crippen LogP contribution in [0.4, 0.5) is 0 Å². The van der Waals surface area contributed by atoms with Gasteiger partial charge < -0.3 is 10.4 Å². The number of carbonyl (C=O) groups is 6. The molecule has 0 spiro atoms. The molecule has 0 aromatic heterocycles. The van der Waals surface area contributed by atoms with Crippen LogP contribution >= 0.6 is 0 Å². The fourth-order valence-electron chi connectivity index (χ4n) is 2.50. The fraction of sp³-hybridized carbons (Fsp3) is 0.333. The standard InChI is InChI=1S/C15H15N3O7/c1-8(19)9(17-11(20)2-3-12(17)21)6-16-7-10(15(24)25)18-13(22)4-5-14(18)23/h2-5,9-10,16H,6-7H2,1H3,(H,24,25). The van der Waals surface area contributed by atoms with Crippen LogP contribution in [0.2, 0.25) is 0 Å². The van der Waals surface area contributed by atoms with E-state index in [0.717, 1.165) is 29.2 Å². The van der Waals surface area contributed by atoms with Gasteiger partial charge in [0, 0.05) is 37.4 Å². The first-order chi connectivity index (χ1) is 11.7. The number of carboxylic acid groups (broad SMARTS) is 1. The van der Waals surface area contributed by atoms with E-state index < -0.39 is 47.5 Å². The first-order valence-corrected chi connectivity index (χ1v) is 7.28. The van der Waals surface area contributed by atoms with E-state index in [9.17, 15) is 33.9 Å². The zero-order chi connectivity index (χ0) is 18.7. The average molecular weight is 349 g/mol. The van der Waals surface area contributed by atoms with E-state index >= 15 is 0 Å². The number of carboxylic acids is 1. The van der Waals surface area contributed by atoms with Gasteiger partial charge >= 0.3 is 5.97 Å². The van der Waals surface area contributed by atoms with Gasteiger partial charge in [0.15, 0.2) is 5.78 Å². The summed E-state index contributed by atoms with van der Waals surface area (Å²) in [7, 11) is 0. The van der Waals surface area contributed by atoms with Gasteiger partial charge in [-0.25, -0.2) is 4.79 Å². The van der Waals surface area contributed by atoms with Crippen LogP contribution in [0, 0.1) is 0 Å². The summed E-state index contributed by atoms with van der Waals surface area (Å²) < 4.78 is 0. The normalized spacial score (nSPS) is 19.1. The summed E-state index contributed by atoms with van der Waals surface area (Å²) >= 11 is 0. The van der Waals surface area contributed by atoms with Crippen molar-refractivity contribution >= 4 is 35.4 Å². The molecular weight excluding hydrogens is 334 g/mol. The smallest absolute Gasteiger partial charge is 0.328 e. The number of imide groups is 2. The Morgan fingerprint density at radius 3 is 1.60 bits per heavy atom. The van der Waals surface area contributed by atoms with Gasteiger partial charge in [-0.1, -0.05) is 0 Å². The first kappa shape index (κ1) is 18.2. The number of nitrogens with one attached hydrogen (secondary N) is 1. The van der Waals surface area contributed by atoms with Crippen molar-refractivity contribution in [3.05, 3.63) is 24.3 Å². The number of nitrogens with zero attached hydrogens (tertiary/aromatic N) is 2. The minimum absolute atomic E-state index is 0.206. The number of Topliss-reactive ketones (excluding diaryl/α,β-unsaturated/α-hetero) is 1. The zero-order valence-electron chi connectivity index (χ0n) is 13.2. The van der Waals surface area contributed by atoms with E-state index in [2.05, 4.69) is 5.32 Å². The Bertz CT molecular complexity index is 629. The Kier molecular flexibility index (Phi) is 5.22. The van der Waals surface area contributed by atoms with Crippen molar-refractivity contribution < 1.29 is 33.9 Å². The van der Waals surface area contributed by atoms with Crippen LogP contribution in [0.15, 0.2) is 24.3 Å². The third-order valence-corrected chi connectivity index (χ3v) is 3.74. The van der Waals surface area contributed by atoms with Crippen LogP contribution in [-0.4, -0.2) is 75.5 Å². The molecule has 0 saturated heterocycles. The van der Waals surface area contributed by atoms with Crippen molar-refractivity contribution in [3.8, 4) is 0 Å². The third-order valence-electron chi connectivity index (χ3n) is 3.74. The number of amides is 4. The van der Waals surface area contributed by atoms with Crippen LogP contribution in [0.25, 0.3) is 0 Å². The molecule has 0 aromatic carbocycles. The Labute approximate surface area is 141 Å². The van der Waals surface area contributed by atoms with E-state index in [-0.39, 0.29) is 13.1 Å². The Hall–Kier alpha value is -3.14. The number of rotatable bonds is 8. The molecule has 2 atom stereocenters. The molecule has 0 radical (unpaired) electrons. The van der Waals surface area contributed by atoms with Gasteiger partial charge in [-0.2, -0.15) is 0 Å². The average Bonchev–Trinajstić information content (AvgIpc) is 3.03. The maximum absolute atomic E-state index is 11.7. The summed E-state index contributed by atoms with van der Waals surface area (Å²) in [6.07, 6.45) is 3.99. The number of ketones is 1. The molecule has 4 amide bonds. The lowest BCUT2D eigenvalue weighted by Crippen LogP contribution is -2.54. The molecule has 10 heteroatoms. The largest absolute Gasteiger partial charge is 0.480 e. The second-order valence-electron chi connectivity index (χ2n) is 5.40. The van der Waals surface area contributed by atoms with E-state index in [1.54, 1.807) is 0 Å². The molecule has 2 heterocycles. The number of carbonyl (C=O) groups excluding carboxylic acids is 5. The Balaban J connectivity index is 2.03. The lowest BCUT2D eigenvalue weighted by Gasteiger charge is -2.26. The van der Waals surface area contributed by atoms with Gasteiger partial charge in [0.1, 0.15) is 12.1 Å². The van der Waals surface area contributed by atoms with Gasteiger partial charge in [-0.05, 0) is 6.92 Å². The molecule has 0 fully saturated rings. The Morgan fingerprint density at radius 1 is 0.880 bits per heavy atom. The monoisotopic (exact) mass is 349 g/mol. The summed E-state index contributed by atoms with van der Waals surface area (Å²) in [5.41, 5.74) is 0. The molecule has 0 saturated carbocycles. The number of aliphatic carboxylic acids is 1. The molecule has 0 bridgehead atoms. The van der Waals surface area contributed by atoms with Crippen molar-refractivity contribution in [2.24, 2.45) is 0 Å². The molecular formula is C15H15N3O7. The van der Waals surface area contributed by atoms with Gasteiger partial charge in [0.25, 0.3) is 23.6 Å². The summed E-state index contributed by atoms with van der Waals surface area (Å²) in [4.78, 5) is 70.9. The first-order valence-electron chi connectivity index (χ1n) is 7.28. The van der Waals surface area contributed by atoms with Crippen LogP contribution in [-0.2, 0) is 28.8 Å². The highest BCUT2D eigenvalue weighted by Gasteiger charge is 2.37. The van der Waals surface area contributed by atoms with Crippen LogP contribution < -0.4 is 5.32 Å². The van der Waals surface area contributed by atoms with Gasteiger partial charge in [0.05, 0.1) is 0 Å². The minimum atomic E-state index is -1.48. The summed E-state index contributed by atoms with van der Waals surface area (Å²) in [6, 6.07) is -2.60. The molecule has 2 aliphatic heterocycles. The number of hydrogen-bond acceptors (Lipinski definition) is 7. The quantitative estimate of drug-likeness (QED) is 0.472. The van der Waals surface area contributed by atoms with Gasteiger partial charge in [0.2, 0.25) is 0 Å². The lowest BCUT2D eigenvalue weighted by molar-refractivity contribution is -0.153. The van der Waals surface area contributed by atoms with Crippen molar-refractivity contribution in [1.29, 1.82) is 0 Å². The van der Waals surface area contributed by atoms with Crippen molar-refractivity contribution in [1.82, 2.24) is 15.1 Å². The summed E-state index contributed by atoms with van der Waals surface area (Å²) in [5.74, 6) is -4.67. The SMILES string of the molecule is CC(=O)C(CNCC(C(=O)O)N1C(=O)C=CC1=O)N1C(=O)C=CC1=O. The fourth-order valence-corrected chi connectivity index (χ4v) is 2.50. The van der Waals surface area contributed by atoms with Crippen molar-refractivity contribution in [2.45, 2.75) is 19.0 Å². The predicted octanol–water partition coefficient (Wildman–Crippen LogP) is -2.16. The van der Waals surface area contributed by atoms with E-state index in [1.165, 1.54) is 6.92 Å². The topological polar surface area (TPSA) is 141 Å². The maximum Gasteiger partial charge on any atom is 0.328 e. The summed E-state index contributed by atoms with van der Waals surface area (Å²) in [5, 5.41) is 11.9. The maximum atomic E-state index is 11.7. The molecule has 132 valence electrons. The Morgan fingerprint density at radius 2 is 1.24 bits per heavy atom. The highest BCUT2D eigenvalue weighted by molar-refractivity contribution is 6.15. The van der Waals surface area contributed by atoms with Crippen molar-refractivity contribution in [3.63, 3.8) is 0 Å². The molecule has 2 rings (SSSR count). The molecule has 25 heavy (non-hydrogen) atoms. The number of hydrogen-bond donors (Lipinski definition) is 2. The predicted molar refractivity (Wildman–Crippen MR) is 80.7 cm³/mol. The molecule has 2 N–H and O–H groups in total. The van der Waals surface area contributed by atoms with Gasteiger partial charge in [-0.15, -0.1) is 0 Å². The van der Waals surface area contributed by atoms with Crippen LogP contribution in [0.5, 0.6) is 0 Å². The highest BCUT2D eigenvalue weighted by Crippen LogP contribution is 2.11. The zero-order valence-corrected chi connectivity index (χ0v) is 13.2. The molecule has 0 aliphatic carbocycles. The molecule has 0 aromatic rings. The van der Waals surface area contributed by atoms with Crippen LogP contribution in [0.3, 0.4) is 0 Å². The molecule has 10 nitrogen and oxygen atoms in total. The second kappa shape index (κ2) is 7.18. The van der Waals surface area contributed by atoms with E-state index in [4.69, 9.17) is 0 Å². The summed E-state index contributed by atoms with van der Waals surface area (Å²) in [6.45, 7) is 0.640. The lowest BCUT2D eigenvalue weighted by atomic mass is 10.1. The molecule has 2 unspecified atom stereocenters. The van der Waals surface area contributed by atoms with E-state index in [1.807, 2.05) is 0 Å². The minimum Gasteiger partial charge on any atom is -0.480 e. The van der Waals surface area contributed by atoms with Crippen LogP contribution in [0.1, 0.15) is 6.92 Å². The van der Waals surface area contributed by atoms with Gasteiger partial charge in [-0.3, -0.25) is 33.8 Å². The van der Waals surface area contributed by atoms with Crippen molar-refractivity contribution in [2.75, 3.05) is 13.1 Å². The van der Waals surface area contributed by atoms with E-state index in [0.29, 0.717) is 4.90 Å². The highest BCUT2D eigenvalue weighted by atomic mass is 16.4. The molecule has 2 aliphatic rings.